The number of ether oxygens (including phenoxy) is 1. The average Bonchev–Trinajstić information content (AvgIpc) is 3.11. The summed E-state index contributed by atoms with van der Waals surface area (Å²) < 4.78 is 5.06. The summed E-state index contributed by atoms with van der Waals surface area (Å²) in [5.74, 6) is 0. The molecule has 20 heavy (non-hydrogen) atoms. The van der Waals surface area contributed by atoms with Crippen LogP contribution in [0.1, 0.15) is 44.9 Å². The molecule has 0 saturated carbocycles. The van der Waals surface area contributed by atoms with Crippen LogP contribution >= 0.6 is 0 Å². The first kappa shape index (κ1) is 15.0. The molecule has 0 aromatic carbocycles. The van der Waals surface area contributed by atoms with Crippen molar-refractivity contribution in [2.45, 2.75) is 44.9 Å². The summed E-state index contributed by atoms with van der Waals surface area (Å²) in [5, 5.41) is 0. The molecule has 0 N–H and O–H groups in total. The van der Waals surface area contributed by atoms with Gasteiger partial charge in [0.05, 0.1) is 0 Å². The highest BCUT2D eigenvalue weighted by molar-refractivity contribution is 5.90. The molecule has 0 atom stereocenters. The lowest BCUT2D eigenvalue weighted by atomic mass is 9.99. The predicted molar refractivity (Wildman–Crippen MR) is 86.1 cm³/mol. The van der Waals surface area contributed by atoms with Crippen LogP contribution in [0.3, 0.4) is 0 Å². The fourth-order valence-electron chi connectivity index (χ4n) is 2.57. The van der Waals surface area contributed by atoms with Crippen LogP contribution < -0.4 is 0 Å². The van der Waals surface area contributed by atoms with Crippen LogP contribution in [0.15, 0.2) is 52.7 Å². The summed E-state index contributed by atoms with van der Waals surface area (Å²) in [7, 11) is 1.76. The Kier molecular flexibility index (Phi) is 6.00. The summed E-state index contributed by atoms with van der Waals surface area (Å²) in [4.78, 5) is 4.56. The smallest absolute Gasteiger partial charge is 0.0462 e. The maximum absolute atomic E-state index is 5.06. The van der Waals surface area contributed by atoms with Crippen molar-refractivity contribution in [1.29, 1.82) is 0 Å². The van der Waals surface area contributed by atoms with Gasteiger partial charge in [0.15, 0.2) is 0 Å². The van der Waals surface area contributed by atoms with E-state index in [1.165, 1.54) is 28.9 Å². The molecular formula is C18H25NO. The topological polar surface area (TPSA) is 21.6 Å². The van der Waals surface area contributed by atoms with Gasteiger partial charge in [0.25, 0.3) is 0 Å². The molecule has 2 nitrogen and oxygen atoms in total. The van der Waals surface area contributed by atoms with Crippen molar-refractivity contribution >= 4 is 5.71 Å². The zero-order chi connectivity index (χ0) is 14.2. The first-order valence-corrected chi connectivity index (χ1v) is 7.57. The van der Waals surface area contributed by atoms with E-state index in [1.807, 2.05) is 6.20 Å². The lowest BCUT2D eigenvalue weighted by molar-refractivity contribution is 0.193. The standard InChI is InChI=1S/C18H25NO/c1-15(7-5-6-12-20-2)10-11-18-13-17(14-19-18)16-8-3-4-9-16/h3,8-9,14H,1,4-7,10-13H2,2H3. The molecule has 0 bridgehead atoms. The maximum Gasteiger partial charge on any atom is 0.0462 e. The molecule has 1 aliphatic carbocycles. The van der Waals surface area contributed by atoms with E-state index in [9.17, 15) is 0 Å². The number of hydrogen-bond acceptors (Lipinski definition) is 2. The Morgan fingerprint density at radius 1 is 1.35 bits per heavy atom. The molecule has 0 fully saturated rings. The molecule has 108 valence electrons. The van der Waals surface area contributed by atoms with Gasteiger partial charge in [-0.3, -0.25) is 4.99 Å². The number of rotatable bonds is 9. The minimum Gasteiger partial charge on any atom is -0.385 e. The van der Waals surface area contributed by atoms with Gasteiger partial charge in [-0.1, -0.05) is 30.4 Å². The van der Waals surface area contributed by atoms with Crippen molar-refractivity contribution in [2.24, 2.45) is 4.99 Å². The first-order chi connectivity index (χ1) is 9.79. The summed E-state index contributed by atoms with van der Waals surface area (Å²) in [5.41, 5.74) is 5.39. The van der Waals surface area contributed by atoms with Crippen molar-refractivity contribution in [1.82, 2.24) is 0 Å². The number of methoxy groups -OCH3 is 1. The number of unbranched alkanes of at least 4 members (excludes halogenated alkanes) is 1. The third kappa shape index (κ3) is 4.61. The zero-order valence-corrected chi connectivity index (χ0v) is 12.5. The predicted octanol–water partition coefficient (Wildman–Crippen LogP) is 4.75. The monoisotopic (exact) mass is 271 g/mol. The van der Waals surface area contributed by atoms with Crippen molar-refractivity contribution in [2.75, 3.05) is 13.7 Å². The molecule has 0 aromatic rings. The normalized spacial score (nSPS) is 17.1. The number of hydrogen-bond donors (Lipinski definition) is 0. The van der Waals surface area contributed by atoms with Gasteiger partial charge in [-0.2, -0.15) is 0 Å². The lowest BCUT2D eigenvalue weighted by Crippen LogP contribution is -1.98. The van der Waals surface area contributed by atoms with Gasteiger partial charge in [0.1, 0.15) is 0 Å². The van der Waals surface area contributed by atoms with Gasteiger partial charge in [0, 0.05) is 32.0 Å². The minimum absolute atomic E-state index is 0.857. The van der Waals surface area contributed by atoms with E-state index in [-0.39, 0.29) is 0 Å². The minimum atomic E-state index is 0.857. The molecule has 0 aromatic heterocycles. The highest BCUT2D eigenvalue weighted by Gasteiger charge is 2.13. The van der Waals surface area contributed by atoms with Gasteiger partial charge in [-0.15, -0.1) is 0 Å². The summed E-state index contributed by atoms with van der Waals surface area (Å²) in [6.07, 6.45) is 16.4. The van der Waals surface area contributed by atoms with E-state index >= 15 is 0 Å². The fourth-order valence-corrected chi connectivity index (χ4v) is 2.57. The Morgan fingerprint density at radius 3 is 3.00 bits per heavy atom. The van der Waals surface area contributed by atoms with Gasteiger partial charge >= 0.3 is 0 Å². The molecule has 0 radical (unpaired) electrons. The fraction of sp³-hybridized carbons (Fsp3) is 0.500. The maximum atomic E-state index is 5.06. The molecule has 0 amide bonds. The third-order valence-corrected chi connectivity index (χ3v) is 3.84. The molecule has 1 heterocycles. The second kappa shape index (κ2) is 8.01. The van der Waals surface area contributed by atoms with E-state index in [0.717, 1.165) is 45.1 Å². The molecule has 0 saturated heterocycles. The van der Waals surface area contributed by atoms with Gasteiger partial charge in [-0.25, -0.2) is 0 Å². The van der Waals surface area contributed by atoms with Crippen LogP contribution in [0, 0.1) is 0 Å². The van der Waals surface area contributed by atoms with Crippen LogP contribution in [0.2, 0.25) is 0 Å². The van der Waals surface area contributed by atoms with E-state index in [1.54, 1.807) is 7.11 Å². The summed E-state index contributed by atoms with van der Waals surface area (Å²) in [6.45, 7) is 5.03. The summed E-state index contributed by atoms with van der Waals surface area (Å²) in [6, 6.07) is 0. The Balaban J connectivity index is 1.62. The molecule has 1 aliphatic heterocycles. The van der Waals surface area contributed by atoms with Crippen LogP contribution in [0.25, 0.3) is 0 Å². The average molecular weight is 271 g/mol. The van der Waals surface area contributed by atoms with E-state index in [4.69, 9.17) is 4.74 Å². The first-order valence-electron chi connectivity index (χ1n) is 7.57. The number of aliphatic imine (C=N–C) groups is 1. The quantitative estimate of drug-likeness (QED) is 0.438. The Bertz CT molecular complexity index is 466. The third-order valence-electron chi connectivity index (χ3n) is 3.84. The lowest BCUT2D eigenvalue weighted by Gasteiger charge is -2.06. The van der Waals surface area contributed by atoms with E-state index in [2.05, 4.69) is 29.8 Å². The second-order valence-electron chi connectivity index (χ2n) is 5.52. The van der Waals surface area contributed by atoms with Crippen molar-refractivity contribution in [3.63, 3.8) is 0 Å². The van der Waals surface area contributed by atoms with Crippen molar-refractivity contribution in [3.05, 3.63) is 47.7 Å². The molecule has 2 aliphatic rings. The summed E-state index contributed by atoms with van der Waals surface area (Å²) >= 11 is 0. The van der Waals surface area contributed by atoms with Crippen LogP contribution in [-0.4, -0.2) is 19.4 Å². The van der Waals surface area contributed by atoms with Crippen molar-refractivity contribution in [3.8, 4) is 0 Å². The van der Waals surface area contributed by atoms with Gasteiger partial charge in [0.2, 0.25) is 0 Å². The number of allylic oxidation sites excluding steroid dienone is 6. The van der Waals surface area contributed by atoms with Gasteiger partial charge < -0.3 is 4.74 Å². The van der Waals surface area contributed by atoms with Crippen LogP contribution in [0.5, 0.6) is 0 Å². The Hall–Kier alpha value is -1.41. The van der Waals surface area contributed by atoms with E-state index in [0.29, 0.717) is 0 Å². The molecule has 0 unspecified atom stereocenters. The molecule has 2 rings (SSSR count). The molecule has 2 heteroatoms. The largest absolute Gasteiger partial charge is 0.385 e. The molecule has 0 spiro atoms. The SMILES string of the molecule is C=C(CCCCOC)CCC1=NC=C(C2=CCC=C2)C1. The van der Waals surface area contributed by atoms with Crippen molar-refractivity contribution < 1.29 is 4.74 Å². The van der Waals surface area contributed by atoms with Gasteiger partial charge in [-0.05, 0) is 49.7 Å². The highest BCUT2D eigenvalue weighted by Crippen LogP contribution is 2.27. The zero-order valence-electron chi connectivity index (χ0n) is 12.5. The Morgan fingerprint density at radius 2 is 2.25 bits per heavy atom. The van der Waals surface area contributed by atoms with Crippen LogP contribution in [0.4, 0.5) is 0 Å². The second-order valence-corrected chi connectivity index (χ2v) is 5.52. The number of nitrogens with zero attached hydrogens (tertiary/aromatic N) is 1. The molecular weight excluding hydrogens is 246 g/mol. The Labute approximate surface area is 122 Å². The van der Waals surface area contributed by atoms with Crippen LogP contribution in [-0.2, 0) is 4.74 Å². The van der Waals surface area contributed by atoms with E-state index < -0.39 is 0 Å². The highest BCUT2D eigenvalue weighted by atomic mass is 16.5.